The lowest BCUT2D eigenvalue weighted by Crippen LogP contribution is -1.98. The van der Waals surface area contributed by atoms with Crippen molar-refractivity contribution in [2.24, 2.45) is 0 Å². The number of rotatable bonds is 6. The lowest BCUT2D eigenvalue weighted by molar-refractivity contribution is 0.391. The van der Waals surface area contributed by atoms with Crippen molar-refractivity contribution in [1.82, 2.24) is 0 Å². The Kier molecular flexibility index (Phi) is 5.66. The molecule has 0 saturated heterocycles. The molecule has 0 radical (unpaired) electrons. The highest BCUT2D eigenvalue weighted by Gasteiger charge is 2.31. The Balaban J connectivity index is 1.84. The van der Waals surface area contributed by atoms with Gasteiger partial charge in [0.25, 0.3) is 0 Å². The maximum absolute atomic E-state index is 5.71. The summed E-state index contributed by atoms with van der Waals surface area (Å²) in [7, 11) is 6.76. The van der Waals surface area contributed by atoms with Crippen LogP contribution in [0, 0.1) is 0 Å². The molecule has 0 amide bonds. The fraction of sp³-hybridized carbons (Fsp3) is 0.231. The Morgan fingerprint density at radius 2 is 1.30 bits per heavy atom. The molecule has 0 spiro atoms. The van der Waals surface area contributed by atoms with Gasteiger partial charge in [0.15, 0.2) is 0 Å². The SMILES string of the molecule is COc1ccc(/C=C2/c3cc(OC)cc(OC)c3C[C@H]2c2ccc(OC)cc2)cc1. The number of allylic oxidation sites excluding steroid dienone is 1. The van der Waals surface area contributed by atoms with Crippen LogP contribution in [0.25, 0.3) is 11.6 Å². The minimum absolute atomic E-state index is 0.217. The maximum Gasteiger partial charge on any atom is 0.126 e. The molecule has 0 saturated carbocycles. The fourth-order valence-electron chi connectivity index (χ4n) is 4.08. The summed E-state index contributed by atoms with van der Waals surface area (Å²) in [5.74, 6) is 3.57. The van der Waals surface area contributed by atoms with E-state index in [0.29, 0.717) is 0 Å². The highest BCUT2D eigenvalue weighted by atomic mass is 16.5. The van der Waals surface area contributed by atoms with Crippen molar-refractivity contribution in [2.75, 3.05) is 28.4 Å². The van der Waals surface area contributed by atoms with Crippen LogP contribution >= 0.6 is 0 Å². The zero-order valence-corrected chi connectivity index (χ0v) is 17.8. The van der Waals surface area contributed by atoms with E-state index in [-0.39, 0.29) is 5.92 Å². The van der Waals surface area contributed by atoms with Gasteiger partial charge in [0.1, 0.15) is 23.0 Å². The first-order chi connectivity index (χ1) is 14.7. The van der Waals surface area contributed by atoms with Crippen molar-refractivity contribution >= 4 is 11.6 Å². The topological polar surface area (TPSA) is 36.9 Å². The molecule has 0 aliphatic heterocycles. The van der Waals surface area contributed by atoms with Crippen LogP contribution in [0.2, 0.25) is 0 Å². The van der Waals surface area contributed by atoms with Gasteiger partial charge in [-0.25, -0.2) is 0 Å². The number of methoxy groups -OCH3 is 4. The average Bonchev–Trinajstić information content (AvgIpc) is 3.17. The molecular weight excluding hydrogens is 376 g/mol. The van der Waals surface area contributed by atoms with Gasteiger partial charge in [-0.05, 0) is 59.0 Å². The maximum atomic E-state index is 5.71. The third kappa shape index (κ3) is 3.73. The second-order valence-corrected chi connectivity index (χ2v) is 7.26. The quantitative estimate of drug-likeness (QED) is 0.538. The monoisotopic (exact) mass is 402 g/mol. The lowest BCUT2D eigenvalue weighted by atomic mass is 9.90. The van der Waals surface area contributed by atoms with Crippen molar-refractivity contribution in [1.29, 1.82) is 0 Å². The van der Waals surface area contributed by atoms with E-state index < -0.39 is 0 Å². The molecule has 154 valence electrons. The number of fused-ring (bicyclic) bond motifs is 1. The summed E-state index contributed by atoms with van der Waals surface area (Å²) < 4.78 is 21.9. The molecule has 4 rings (SSSR count). The van der Waals surface area contributed by atoms with E-state index in [1.54, 1.807) is 28.4 Å². The van der Waals surface area contributed by atoms with Crippen molar-refractivity contribution in [3.63, 3.8) is 0 Å². The van der Waals surface area contributed by atoms with Crippen molar-refractivity contribution < 1.29 is 18.9 Å². The van der Waals surface area contributed by atoms with E-state index in [0.717, 1.165) is 35.0 Å². The molecule has 1 aliphatic rings. The van der Waals surface area contributed by atoms with E-state index in [4.69, 9.17) is 18.9 Å². The van der Waals surface area contributed by atoms with E-state index in [1.165, 1.54) is 22.3 Å². The molecule has 4 heteroatoms. The van der Waals surface area contributed by atoms with E-state index in [1.807, 2.05) is 30.3 Å². The van der Waals surface area contributed by atoms with Gasteiger partial charge < -0.3 is 18.9 Å². The second kappa shape index (κ2) is 8.54. The summed E-state index contributed by atoms with van der Waals surface area (Å²) in [5.41, 5.74) is 5.99. The molecule has 3 aromatic carbocycles. The van der Waals surface area contributed by atoms with E-state index in [9.17, 15) is 0 Å². The molecular formula is C26H26O4. The predicted octanol–water partition coefficient (Wildman–Crippen LogP) is 5.60. The first kappa shape index (κ1) is 19.9. The molecule has 0 fully saturated rings. The molecule has 0 heterocycles. The van der Waals surface area contributed by atoms with E-state index >= 15 is 0 Å². The van der Waals surface area contributed by atoms with Crippen molar-refractivity contribution in [3.8, 4) is 23.0 Å². The molecule has 1 atom stereocenters. The Morgan fingerprint density at radius 1 is 0.700 bits per heavy atom. The first-order valence-corrected chi connectivity index (χ1v) is 9.91. The Morgan fingerprint density at radius 3 is 1.87 bits per heavy atom. The van der Waals surface area contributed by atoms with Crippen LogP contribution in [-0.4, -0.2) is 28.4 Å². The minimum atomic E-state index is 0.217. The standard InChI is InChI=1S/C26H26O4/c1-27-19-9-5-17(6-10-19)13-23-22(18-7-11-20(28-2)12-8-18)16-25-24(23)14-21(29-3)15-26(25)30-4/h5-15,22H,16H2,1-4H3/b23-13+/t22-/m0/s1. The first-order valence-electron chi connectivity index (χ1n) is 9.91. The van der Waals surface area contributed by atoms with Crippen LogP contribution in [-0.2, 0) is 6.42 Å². The van der Waals surface area contributed by atoms with Crippen LogP contribution in [0.15, 0.2) is 60.7 Å². The zero-order chi connectivity index (χ0) is 21.1. The fourth-order valence-corrected chi connectivity index (χ4v) is 4.08. The summed E-state index contributed by atoms with van der Waals surface area (Å²) in [6.07, 6.45) is 3.12. The zero-order valence-electron chi connectivity index (χ0n) is 17.8. The van der Waals surface area contributed by atoms with Gasteiger partial charge in [0.05, 0.1) is 28.4 Å². The molecule has 0 bridgehead atoms. The van der Waals surface area contributed by atoms with Gasteiger partial charge >= 0.3 is 0 Å². The van der Waals surface area contributed by atoms with Gasteiger partial charge in [-0.3, -0.25) is 0 Å². The molecule has 0 aromatic heterocycles. The smallest absolute Gasteiger partial charge is 0.126 e. The van der Waals surface area contributed by atoms with Gasteiger partial charge in [-0.1, -0.05) is 30.3 Å². The molecule has 30 heavy (non-hydrogen) atoms. The summed E-state index contributed by atoms with van der Waals surface area (Å²) in [6, 6.07) is 20.5. The third-order valence-corrected chi connectivity index (χ3v) is 5.69. The van der Waals surface area contributed by atoms with Gasteiger partial charge in [-0.15, -0.1) is 0 Å². The van der Waals surface area contributed by atoms with Crippen LogP contribution in [0.4, 0.5) is 0 Å². The highest BCUT2D eigenvalue weighted by Crippen LogP contribution is 2.49. The lowest BCUT2D eigenvalue weighted by Gasteiger charge is -2.14. The number of benzene rings is 3. The van der Waals surface area contributed by atoms with Crippen LogP contribution in [0.3, 0.4) is 0 Å². The minimum Gasteiger partial charge on any atom is -0.497 e. The summed E-state index contributed by atoms with van der Waals surface area (Å²) >= 11 is 0. The summed E-state index contributed by atoms with van der Waals surface area (Å²) in [5, 5.41) is 0. The third-order valence-electron chi connectivity index (χ3n) is 5.69. The number of hydrogen-bond donors (Lipinski definition) is 0. The molecule has 0 unspecified atom stereocenters. The summed E-state index contributed by atoms with van der Waals surface area (Å²) in [4.78, 5) is 0. The van der Waals surface area contributed by atoms with Crippen LogP contribution < -0.4 is 18.9 Å². The number of hydrogen-bond acceptors (Lipinski definition) is 4. The van der Waals surface area contributed by atoms with Gasteiger partial charge in [0.2, 0.25) is 0 Å². The largest absolute Gasteiger partial charge is 0.497 e. The Bertz CT molecular complexity index is 1050. The van der Waals surface area contributed by atoms with Crippen LogP contribution in [0.5, 0.6) is 23.0 Å². The molecule has 3 aromatic rings. The Hall–Kier alpha value is -3.40. The van der Waals surface area contributed by atoms with Gasteiger partial charge in [-0.2, -0.15) is 0 Å². The average molecular weight is 402 g/mol. The molecule has 0 N–H and O–H groups in total. The normalized spacial score (nSPS) is 16.3. The summed E-state index contributed by atoms with van der Waals surface area (Å²) in [6.45, 7) is 0. The predicted molar refractivity (Wildman–Crippen MR) is 120 cm³/mol. The van der Waals surface area contributed by atoms with Gasteiger partial charge in [0, 0.05) is 17.5 Å². The number of ether oxygens (including phenoxy) is 4. The van der Waals surface area contributed by atoms with E-state index in [2.05, 4.69) is 36.4 Å². The Labute approximate surface area is 177 Å². The molecule has 4 nitrogen and oxygen atoms in total. The highest BCUT2D eigenvalue weighted by molar-refractivity contribution is 5.91. The van der Waals surface area contributed by atoms with Crippen molar-refractivity contribution in [2.45, 2.75) is 12.3 Å². The second-order valence-electron chi connectivity index (χ2n) is 7.26. The molecule has 1 aliphatic carbocycles. The van der Waals surface area contributed by atoms with Crippen molar-refractivity contribution in [3.05, 3.63) is 82.9 Å². The van der Waals surface area contributed by atoms with Crippen LogP contribution in [0.1, 0.15) is 28.2 Å².